The number of nitrogens with two attached hydrogens (primary N) is 1. The molecule has 0 radical (unpaired) electrons. The highest BCUT2D eigenvalue weighted by atomic mass is 16.5. The molecule has 0 aliphatic carbocycles. The highest BCUT2D eigenvalue weighted by Crippen LogP contribution is 2.28. The Labute approximate surface area is 156 Å². The molecule has 5 heteroatoms. The molecule has 2 rings (SSSR count). The number of para-hydroxylation sites is 1. The highest BCUT2D eigenvalue weighted by molar-refractivity contribution is 5.92. The number of hydrogen-bond donors (Lipinski definition) is 2. The van der Waals surface area contributed by atoms with Crippen LogP contribution in [0.4, 0.5) is 5.69 Å². The van der Waals surface area contributed by atoms with Gasteiger partial charge in [-0.2, -0.15) is 0 Å². The van der Waals surface area contributed by atoms with Gasteiger partial charge >= 0.3 is 0 Å². The van der Waals surface area contributed by atoms with Gasteiger partial charge in [0.2, 0.25) is 0 Å². The van der Waals surface area contributed by atoms with E-state index in [1.165, 1.54) is 5.56 Å². The maximum atomic E-state index is 6.12. The molecule has 1 unspecified atom stereocenters. The summed E-state index contributed by atoms with van der Waals surface area (Å²) >= 11 is 0. The number of hydrogen-bond acceptors (Lipinski definition) is 3. The number of anilines is 1. The zero-order valence-electron chi connectivity index (χ0n) is 16.4. The third-order valence-electron chi connectivity index (χ3n) is 4.38. The van der Waals surface area contributed by atoms with Gasteiger partial charge in [0.05, 0.1) is 19.7 Å². The Morgan fingerprint density at radius 1 is 1.15 bits per heavy atom. The highest BCUT2D eigenvalue weighted by Gasteiger charge is 2.17. The molecule has 5 nitrogen and oxygen atoms in total. The SMILES string of the molecule is COc1ccccc1C(CN=C(N)Nc1cccc(C(C)C)c1)N(C)C. The van der Waals surface area contributed by atoms with Crippen molar-refractivity contribution in [2.24, 2.45) is 10.7 Å². The van der Waals surface area contributed by atoms with Crippen molar-refractivity contribution in [3.05, 3.63) is 59.7 Å². The molecular formula is C21H30N4O. The number of benzene rings is 2. The van der Waals surface area contributed by atoms with Crippen molar-refractivity contribution in [1.82, 2.24) is 4.90 Å². The Kier molecular flexibility index (Phi) is 7.04. The smallest absolute Gasteiger partial charge is 0.193 e. The maximum Gasteiger partial charge on any atom is 0.193 e. The van der Waals surface area contributed by atoms with Crippen molar-refractivity contribution in [2.75, 3.05) is 33.1 Å². The fourth-order valence-corrected chi connectivity index (χ4v) is 2.83. The standard InChI is InChI=1S/C21H30N4O/c1-15(2)16-9-8-10-17(13-16)24-21(22)23-14-19(25(3)4)18-11-6-7-12-20(18)26-5/h6-13,15,19H,14H2,1-5H3,(H3,22,23,24). The van der Waals surface area contributed by atoms with Gasteiger partial charge in [-0.25, -0.2) is 0 Å². The van der Waals surface area contributed by atoms with Crippen molar-refractivity contribution in [1.29, 1.82) is 0 Å². The molecule has 2 aromatic carbocycles. The first-order chi connectivity index (χ1) is 12.4. The number of guanidine groups is 1. The summed E-state index contributed by atoms with van der Waals surface area (Å²) in [7, 11) is 5.75. The Balaban J connectivity index is 2.13. The number of ether oxygens (including phenoxy) is 1. The molecule has 0 bridgehead atoms. The van der Waals surface area contributed by atoms with Crippen LogP contribution in [-0.2, 0) is 0 Å². The predicted molar refractivity (Wildman–Crippen MR) is 110 cm³/mol. The van der Waals surface area contributed by atoms with Crippen LogP contribution >= 0.6 is 0 Å². The van der Waals surface area contributed by atoms with E-state index in [1.54, 1.807) is 7.11 Å². The van der Waals surface area contributed by atoms with Crippen LogP contribution in [-0.4, -0.2) is 38.6 Å². The van der Waals surface area contributed by atoms with E-state index in [2.05, 4.69) is 47.3 Å². The quantitative estimate of drug-likeness (QED) is 0.586. The first-order valence-corrected chi connectivity index (χ1v) is 8.88. The Bertz CT molecular complexity index is 740. The molecule has 0 saturated carbocycles. The van der Waals surface area contributed by atoms with Gasteiger partial charge < -0.3 is 20.7 Å². The molecule has 0 aliphatic rings. The molecule has 140 valence electrons. The molecule has 0 fully saturated rings. The van der Waals surface area contributed by atoms with Gasteiger partial charge in [0, 0.05) is 11.3 Å². The second-order valence-corrected chi connectivity index (χ2v) is 6.85. The van der Waals surface area contributed by atoms with E-state index in [0.29, 0.717) is 18.4 Å². The summed E-state index contributed by atoms with van der Waals surface area (Å²) in [6.45, 7) is 4.88. The Hall–Kier alpha value is -2.53. The lowest BCUT2D eigenvalue weighted by Gasteiger charge is -2.25. The van der Waals surface area contributed by atoms with E-state index in [4.69, 9.17) is 10.5 Å². The molecule has 0 amide bonds. The van der Waals surface area contributed by atoms with Crippen LogP contribution in [0, 0.1) is 0 Å². The minimum atomic E-state index is 0.0773. The van der Waals surface area contributed by atoms with Crippen LogP contribution in [0.2, 0.25) is 0 Å². The van der Waals surface area contributed by atoms with E-state index < -0.39 is 0 Å². The Morgan fingerprint density at radius 2 is 1.88 bits per heavy atom. The fourth-order valence-electron chi connectivity index (χ4n) is 2.83. The molecule has 26 heavy (non-hydrogen) atoms. The summed E-state index contributed by atoms with van der Waals surface area (Å²) in [5, 5.41) is 3.19. The lowest BCUT2D eigenvalue weighted by molar-refractivity contribution is 0.295. The van der Waals surface area contributed by atoms with Gasteiger partial charge in [0.25, 0.3) is 0 Å². The van der Waals surface area contributed by atoms with Gasteiger partial charge in [-0.1, -0.05) is 44.2 Å². The summed E-state index contributed by atoms with van der Waals surface area (Å²) in [5.74, 6) is 1.74. The van der Waals surface area contributed by atoms with Crippen molar-refractivity contribution in [3.63, 3.8) is 0 Å². The van der Waals surface area contributed by atoms with Gasteiger partial charge in [-0.3, -0.25) is 4.99 Å². The van der Waals surface area contributed by atoms with Gasteiger partial charge in [-0.05, 0) is 43.8 Å². The van der Waals surface area contributed by atoms with E-state index in [9.17, 15) is 0 Å². The van der Waals surface area contributed by atoms with Crippen molar-refractivity contribution < 1.29 is 4.74 Å². The molecule has 0 aromatic heterocycles. The molecule has 1 atom stereocenters. The number of nitrogens with one attached hydrogen (secondary N) is 1. The Morgan fingerprint density at radius 3 is 2.54 bits per heavy atom. The summed E-state index contributed by atoms with van der Waals surface area (Å²) in [6.07, 6.45) is 0. The molecule has 2 aromatic rings. The predicted octanol–water partition coefficient (Wildman–Crippen LogP) is 3.85. The fraction of sp³-hybridized carbons (Fsp3) is 0.381. The van der Waals surface area contributed by atoms with Crippen LogP contribution in [0.25, 0.3) is 0 Å². The average Bonchev–Trinajstić information content (AvgIpc) is 2.62. The van der Waals surface area contributed by atoms with Crippen LogP contribution < -0.4 is 15.8 Å². The lowest BCUT2D eigenvalue weighted by Crippen LogP contribution is -2.27. The average molecular weight is 354 g/mol. The normalized spacial score (nSPS) is 13.1. The minimum absolute atomic E-state index is 0.0773. The largest absolute Gasteiger partial charge is 0.496 e. The molecule has 0 saturated heterocycles. The number of aliphatic imine (C=N–C) groups is 1. The van der Waals surface area contributed by atoms with Crippen molar-refractivity contribution >= 4 is 11.6 Å². The van der Waals surface area contributed by atoms with Gasteiger partial charge in [0.15, 0.2) is 5.96 Å². The monoisotopic (exact) mass is 354 g/mol. The van der Waals surface area contributed by atoms with E-state index in [-0.39, 0.29) is 6.04 Å². The zero-order chi connectivity index (χ0) is 19.1. The van der Waals surface area contributed by atoms with Crippen molar-refractivity contribution in [3.8, 4) is 5.75 Å². The second-order valence-electron chi connectivity index (χ2n) is 6.85. The first-order valence-electron chi connectivity index (χ1n) is 8.88. The molecule has 0 aliphatic heterocycles. The molecular weight excluding hydrogens is 324 g/mol. The summed E-state index contributed by atoms with van der Waals surface area (Å²) in [4.78, 5) is 6.67. The molecule has 0 spiro atoms. The third-order valence-corrected chi connectivity index (χ3v) is 4.38. The summed E-state index contributed by atoms with van der Waals surface area (Å²) in [5.41, 5.74) is 9.44. The summed E-state index contributed by atoms with van der Waals surface area (Å²) in [6, 6.07) is 16.3. The maximum absolute atomic E-state index is 6.12. The number of likely N-dealkylation sites (N-methyl/N-ethyl adjacent to an activating group) is 1. The van der Waals surface area contributed by atoms with Crippen LogP contribution in [0.5, 0.6) is 5.75 Å². The number of methoxy groups -OCH3 is 1. The lowest BCUT2D eigenvalue weighted by atomic mass is 10.0. The molecule has 3 N–H and O–H groups in total. The first kappa shape index (κ1) is 19.8. The van der Waals surface area contributed by atoms with Crippen LogP contribution in [0.15, 0.2) is 53.5 Å². The van der Waals surface area contributed by atoms with Crippen LogP contribution in [0.1, 0.15) is 36.9 Å². The third kappa shape index (κ3) is 5.23. The number of rotatable bonds is 7. The van der Waals surface area contributed by atoms with E-state index >= 15 is 0 Å². The number of nitrogens with zero attached hydrogens (tertiary/aromatic N) is 2. The van der Waals surface area contributed by atoms with Crippen molar-refractivity contribution in [2.45, 2.75) is 25.8 Å². The van der Waals surface area contributed by atoms with Gasteiger partial charge in [-0.15, -0.1) is 0 Å². The topological polar surface area (TPSA) is 62.9 Å². The zero-order valence-corrected chi connectivity index (χ0v) is 16.4. The minimum Gasteiger partial charge on any atom is -0.496 e. The van der Waals surface area contributed by atoms with Gasteiger partial charge in [0.1, 0.15) is 5.75 Å². The van der Waals surface area contributed by atoms with E-state index in [1.807, 2.05) is 44.4 Å². The van der Waals surface area contributed by atoms with Crippen LogP contribution in [0.3, 0.4) is 0 Å². The molecule has 0 heterocycles. The summed E-state index contributed by atoms with van der Waals surface area (Å²) < 4.78 is 5.49. The second kappa shape index (κ2) is 9.25. The van der Waals surface area contributed by atoms with E-state index in [0.717, 1.165) is 17.0 Å².